The van der Waals surface area contributed by atoms with Crippen LogP contribution in [-0.4, -0.2) is 19.8 Å². The number of halogens is 1. The topological polar surface area (TPSA) is 63.4 Å². The van der Waals surface area contributed by atoms with Crippen molar-refractivity contribution in [3.63, 3.8) is 0 Å². The molecule has 1 aromatic heterocycles. The molecule has 0 spiro atoms. The second-order valence-electron chi connectivity index (χ2n) is 4.31. The van der Waals surface area contributed by atoms with Crippen molar-refractivity contribution in [3.05, 3.63) is 50.6 Å². The van der Waals surface area contributed by atoms with E-state index < -0.39 is 10.0 Å². The summed E-state index contributed by atoms with van der Waals surface area (Å²) >= 11 is 4.83. The third-order valence-corrected chi connectivity index (χ3v) is 6.54. The van der Waals surface area contributed by atoms with Gasteiger partial charge in [0.15, 0.2) is 0 Å². The van der Waals surface area contributed by atoms with Gasteiger partial charge in [0, 0.05) is 29.5 Å². The van der Waals surface area contributed by atoms with Crippen molar-refractivity contribution in [1.82, 2.24) is 4.31 Å². The van der Waals surface area contributed by atoms with Crippen LogP contribution in [0.25, 0.3) is 0 Å². The molecule has 2 aromatic rings. The van der Waals surface area contributed by atoms with Crippen LogP contribution in [0.5, 0.6) is 0 Å². The van der Waals surface area contributed by atoms with Crippen molar-refractivity contribution in [3.8, 4) is 0 Å². The molecule has 7 heteroatoms. The molecular weight excluding hydrogens is 360 g/mol. The molecule has 2 rings (SSSR count). The lowest BCUT2D eigenvalue weighted by Gasteiger charge is -2.18. The first-order valence-electron chi connectivity index (χ1n) is 5.92. The smallest absolute Gasteiger partial charge is 0.244 e. The molecule has 0 saturated heterocycles. The van der Waals surface area contributed by atoms with E-state index in [0.29, 0.717) is 17.6 Å². The zero-order chi connectivity index (χ0) is 14.8. The lowest BCUT2D eigenvalue weighted by Crippen LogP contribution is -2.26. The number of rotatable bonds is 5. The Bertz CT molecular complexity index is 684. The Morgan fingerprint density at radius 3 is 2.70 bits per heavy atom. The quantitative estimate of drug-likeness (QED) is 0.874. The molecular formula is C13H15BrN2O2S2. The fraction of sp³-hybridized carbons (Fsp3) is 0.231. The molecule has 0 amide bonds. The van der Waals surface area contributed by atoms with E-state index in [0.717, 1.165) is 10.4 Å². The van der Waals surface area contributed by atoms with Gasteiger partial charge in [0.1, 0.15) is 0 Å². The predicted octanol–water partition coefficient (Wildman–Crippen LogP) is 2.79. The van der Waals surface area contributed by atoms with Gasteiger partial charge in [-0.3, -0.25) is 0 Å². The summed E-state index contributed by atoms with van der Waals surface area (Å²) in [7, 11) is -1.96. The second kappa shape index (κ2) is 6.36. The minimum Gasteiger partial charge on any atom is -0.326 e. The van der Waals surface area contributed by atoms with Crippen LogP contribution < -0.4 is 5.73 Å². The summed E-state index contributed by atoms with van der Waals surface area (Å²) in [5.41, 5.74) is 6.36. The van der Waals surface area contributed by atoms with E-state index in [1.54, 1.807) is 19.2 Å². The van der Waals surface area contributed by atoms with Crippen molar-refractivity contribution in [2.24, 2.45) is 5.73 Å². The molecule has 0 aliphatic heterocycles. The normalized spacial score (nSPS) is 12.0. The van der Waals surface area contributed by atoms with Crippen molar-refractivity contribution >= 4 is 37.3 Å². The molecule has 108 valence electrons. The van der Waals surface area contributed by atoms with Gasteiger partial charge in [-0.05, 0) is 45.1 Å². The van der Waals surface area contributed by atoms with Gasteiger partial charge in [0.2, 0.25) is 10.0 Å². The van der Waals surface area contributed by atoms with Crippen LogP contribution in [0.4, 0.5) is 0 Å². The van der Waals surface area contributed by atoms with Crippen molar-refractivity contribution in [2.75, 3.05) is 7.05 Å². The van der Waals surface area contributed by atoms with Crippen molar-refractivity contribution in [1.29, 1.82) is 0 Å². The third-order valence-electron chi connectivity index (χ3n) is 2.88. The Morgan fingerprint density at radius 2 is 2.10 bits per heavy atom. The molecule has 1 aromatic carbocycles. The van der Waals surface area contributed by atoms with E-state index >= 15 is 0 Å². The fourth-order valence-electron chi connectivity index (χ4n) is 1.75. The molecule has 0 aliphatic rings. The minimum atomic E-state index is -3.54. The van der Waals surface area contributed by atoms with Gasteiger partial charge in [-0.2, -0.15) is 4.31 Å². The monoisotopic (exact) mass is 374 g/mol. The van der Waals surface area contributed by atoms with E-state index in [9.17, 15) is 8.42 Å². The number of nitrogens with two attached hydrogens (primary N) is 1. The minimum absolute atomic E-state index is 0.250. The number of hydrogen-bond acceptors (Lipinski definition) is 4. The van der Waals surface area contributed by atoms with Crippen molar-refractivity contribution < 1.29 is 8.42 Å². The highest BCUT2D eigenvalue weighted by atomic mass is 79.9. The fourth-order valence-corrected chi connectivity index (χ4v) is 4.71. The molecule has 0 bridgehead atoms. The second-order valence-corrected chi connectivity index (χ2v) is 8.21. The van der Waals surface area contributed by atoms with Crippen LogP contribution in [0.15, 0.2) is 45.1 Å². The van der Waals surface area contributed by atoms with Gasteiger partial charge in [0.25, 0.3) is 0 Å². The molecule has 4 nitrogen and oxygen atoms in total. The first-order chi connectivity index (χ1) is 9.45. The number of sulfonamides is 1. The van der Waals surface area contributed by atoms with Crippen LogP contribution in [0, 0.1) is 0 Å². The average molecular weight is 375 g/mol. The van der Waals surface area contributed by atoms with Gasteiger partial charge in [-0.15, -0.1) is 11.3 Å². The highest BCUT2D eigenvalue weighted by molar-refractivity contribution is 9.10. The first-order valence-corrected chi connectivity index (χ1v) is 9.03. The Balaban J connectivity index is 2.34. The molecule has 0 aliphatic carbocycles. The van der Waals surface area contributed by atoms with E-state index in [-0.39, 0.29) is 4.90 Å². The summed E-state index contributed by atoms with van der Waals surface area (Å²) in [6, 6.07) is 8.97. The third kappa shape index (κ3) is 3.29. The van der Waals surface area contributed by atoms with Gasteiger partial charge in [-0.1, -0.05) is 12.1 Å². The summed E-state index contributed by atoms with van der Waals surface area (Å²) in [6.45, 7) is 0.670. The van der Waals surface area contributed by atoms with Gasteiger partial charge in [0.05, 0.1) is 4.90 Å². The highest BCUT2D eigenvalue weighted by Crippen LogP contribution is 2.27. The summed E-state index contributed by atoms with van der Waals surface area (Å²) in [6.07, 6.45) is 0. The predicted molar refractivity (Wildman–Crippen MR) is 85.0 cm³/mol. The summed E-state index contributed by atoms with van der Waals surface area (Å²) in [5.74, 6) is 0. The van der Waals surface area contributed by atoms with Gasteiger partial charge in [-0.25, -0.2) is 8.42 Å². The number of benzene rings is 1. The summed E-state index contributed by atoms with van der Waals surface area (Å²) < 4.78 is 27.1. The van der Waals surface area contributed by atoms with E-state index in [1.165, 1.54) is 15.6 Å². The average Bonchev–Trinajstić information content (AvgIpc) is 2.92. The van der Waals surface area contributed by atoms with Gasteiger partial charge < -0.3 is 5.73 Å². The molecule has 1 heterocycles. The molecule has 2 N–H and O–H groups in total. The Kier molecular flexibility index (Phi) is 4.98. The van der Waals surface area contributed by atoms with Crippen LogP contribution in [0.3, 0.4) is 0 Å². The lowest BCUT2D eigenvalue weighted by atomic mass is 10.2. The number of thiophene rings is 1. The Hall–Kier alpha value is -0.730. The van der Waals surface area contributed by atoms with Crippen LogP contribution >= 0.6 is 27.3 Å². The molecule has 20 heavy (non-hydrogen) atoms. The SMILES string of the molecule is CN(Cc1cccs1)S(=O)(=O)c1cc(CN)ccc1Br. The molecule has 0 radical (unpaired) electrons. The van der Waals surface area contributed by atoms with Crippen LogP contribution in [0.2, 0.25) is 0 Å². The number of hydrogen-bond donors (Lipinski definition) is 1. The van der Waals surface area contributed by atoms with Crippen LogP contribution in [0.1, 0.15) is 10.4 Å². The zero-order valence-corrected chi connectivity index (χ0v) is 14.1. The lowest BCUT2D eigenvalue weighted by molar-refractivity contribution is 0.469. The van der Waals surface area contributed by atoms with Crippen molar-refractivity contribution in [2.45, 2.75) is 18.0 Å². The summed E-state index contributed by atoms with van der Waals surface area (Å²) in [4.78, 5) is 1.25. The molecule has 0 saturated carbocycles. The molecule has 0 fully saturated rings. The van der Waals surface area contributed by atoms with E-state index in [2.05, 4.69) is 15.9 Å². The maximum absolute atomic E-state index is 12.6. The van der Waals surface area contributed by atoms with E-state index in [4.69, 9.17) is 5.73 Å². The van der Waals surface area contributed by atoms with Gasteiger partial charge >= 0.3 is 0 Å². The molecule has 0 atom stereocenters. The molecule has 0 unspecified atom stereocenters. The first kappa shape index (κ1) is 15.7. The largest absolute Gasteiger partial charge is 0.326 e. The highest BCUT2D eigenvalue weighted by Gasteiger charge is 2.24. The Morgan fingerprint density at radius 1 is 1.35 bits per heavy atom. The maximum Gasteiger partial charge on any atom is 0.244 e. The van der Waals surface area contributed by atoms with Crippen LogP contribution in [-0.2, 0) is 23.1 Å². The standard InChI is InChI=1S/C13H15BrN2O2S2/c1-16(9-11-3-2-6-19-11)20(17,18)13-7-10(8-15)4-5-12(13)14/h2-7H,8-9,15H2,1H3. The zero-order valence-electron chi connectivity index (χ0n) is 10.9. The maximum atomic E-state index is 12.6. The summed E-state index contributed by atoms with van der Waals surface area (Å²) in [5, 5.41) is 1.93. The van der Waals surface area contributed by atoms with E-state index in [1.807, 2.05) is 23.6 Å². The number of nitrogens with zero attached hydrogens (tertiary/aromatic N) is 1. The Labute approximate surface area is 131 Å².